The fourth-order valence-corrected chi connectivity index (χ4v) is 3.47. The van der Waals surface area contributed by atoms with Crippen molar-refractivity contribution in [2.75, 3.05) is 12.0 Å². The smallest absolute Gasteiger partial charge is 0.331 e. The average molecular weight is 426 g/mol. The Labute approximate surface area is 177 Å². The molecule has 0 N–H and O–H groups in total. The molecule has 154 valence electrons. The van der Waals surface area contributed by atoms with Gasteiger partial charge in [0.25, 0.3) is 0 Å². The highest BCUT2D eigenvalue weighted by atomic mass is 32.1. The van der Waals surface area contributed by atoms with Crippen molar-refractivity contribution >= 4 is 40.1 Å². The molecule has 1 heterocycles. The van der Waals surface area contributed by atoms with E-state index in [0.717, 1.165) is 16.9 Å². The van der Waals surface area contributed by atoms with Crippen LogP contribution in [0.1, 0.15) is 18.2 Å². The van der Waals surface area contributed by atoms with Gasteiger partial charge in [-0.1, -0.05) is 24.3 Å². The predicted molar refractivity (Wildman–Crippen MR) is 113 cm³/mol. The van der Waals surface area contributed by atoms with Gasteiger partial charge in [-0.3, -0.25) is 9.69 Å². The van der Waals surface area contributed by atoms with Crippen LogP contribution >= 0.6 is 11.3 Å². The van der Waals surface area contributed by atoms with Crippen molar-refractivity contribution in [3.05, 3.63) is 77.1 Å². The zero-order valence-electron chi connectivity index (χ0n) is 16.4. The summed E-state index contributed by atoms with van der Waals surface area (Å²) in [5.74, 6) is -0.756. The molecule has 0 saturated heterocycles. The Kier molecular flexibility index (Phi) is 6.92. The fourth-order valence-electron chi connectivity index (χ4n) is 2.61. The second-order valence-corrected chi connectivity index (χ2v) is 6.98. The summed E-state index contributed by atoms with van der Waals surface area (Å²) in [4.78, 5) is 29.5. The predicted octanol–water partition coefficient (Wildman–Crippen LogP) is 4.73. The van der Waals surface area contributed by atoms with Gasteiger partial charge in [-0.05, 0) is 35.9 Å². The van der Waals surface area contributed by atoms with E-state index in [9.17, 15) is 14.0 Å². The number of thiazole rings is 1. The number of methoxy groups -OCH3 is 1. The van der Waals surface area contributed by atoms with Crippen molar-refractivity contribution in [3.63, 3.8) is 0 Å². The van der Waals surface area contributed by atoms with Crippen molar-refractivity contribution in [3.8, 4) is 5.75 Å². The van der Waals surface area contributed by atoms with Crippen molar-refractivity contribution in [2.24, 2.45) is 0 Å². The summed E-state index contributed by atoms with van der Waals surface area (Å²) >= 11 is 1.16. The number of para-hydroxylation sites is 1. The minimum atomic E-state index is -0.537. The van der Waals surface area contributed by atoms with Gasteiger partial charge in [0.2, 0.25) is 5.91 Å². The zero-order valence-corrected chi connectivity index (χ0v) is 17.2. The maximum Gasteiger partial charge on any atom is 0.331 e. The van der Waals surface area contributed by atoms with Crippen LogP contribution in [0.2, 0.25) is 0 Å². The highest BCUT2D eigenvalue weighted by molar-refractivity contribution is 7.14. The van der Waals surface area contributed by atoms with E-state index in [0.29, 0.717) is 16.6 Å². The number of hydrogen-bond donors (Lipinski definition) is 0. The Morgan fingerprint density at radius 3 is 2.73 bits per heavy atom. The number of amides is 1. The Balaban J connectivity index is 1.64. The van der Waals surface area contributed by atoms with Crippen LogP contribution in [0.15, 0.2) is 60.0 Å². The van der Waals surface area contributed by atoms with Crippen LogP contribution in [0.3, 0.4) is 0 Å². The van der Waals surface area contributed by atoms with Crippen molar-refractivity contribution < 1.29 is 23.5 Å². The molecule has 0 aliphatic carbocycles. The van der Waals surface area contributed by atoms with Crippen LogP contribution < -0.4 is 9.64 Å². The number of benzene rings is 2. The van der Waals surface area contributed by atoms with E-state index in [1.165, 1.54) is 30.0 Å². The second-order valence-electron chi connectivity index (χ2n) is 6.14. The van der Waals surface area contributed by atoms with E-state index < -0.39 is 11.8 Å². The summed E-state index contributed by atoms with van der Waals surface area (Å²) in [7, 11) is 1.57. The molecule has 0 aliphatic rings. The van der Waals surface area contributed by atoms with E-state index in [1.807, 2.05) is 12.1 Å². The third kappa shape index (κ3) is 5.30. The SMILES string of the molecule is COc1cccc(/C=C/C(=O)OCc2csc(N(C(C)=O)c3ccccc3F)n2)c1. The molecule has 2 aromatic carbocycles. The molecule has 0 unspecified atom stereocenters. The van der Waals surface area contributed by atoms with Gasteiger partial charge in [-0.2, -0.15) is 0 Å². The molecule has 3 rings (SSSR count). The first-order valence-corrected chi connectivity index (χ1v) is 9.84. The van der Waals surface area contributed by atoms with Crippen LogP contribution in [0.25, 0.3) is 6.08 Å². The van der Waals surface area contributed by atoms with Crippen LogP contribution in [-0.4, -0.2) is 24.0 Å². The highest BCUT2D eigenvalue weighted by Gasteiger charge is 2.21. The zero-order chi connectivity index (χ0) is 21.5. The van der Waals surface area contributed by atoms with Crippen LogP contribution in [0.5, 0.6) is 5.75 Å². The number of anilines is 2. The number of nitrogens with zero attached hydrogens (tertiary/aromatic N) is 2. The molecule has 0 spiro atoms. The summed E-state index contributed by atoms with van der Waals surface area (Å²) in [5, 5.41) is 1.95. The lowest BCUT2D eigenvalue weighted by atomic mass is 10.2. The summed E-state index contributed by atoms with van der Waals surface area (Å²) in [5.41, 5.74) is 1.37. The molecule has 1 aromatic heterocycles. The molecule has 0 aliphatic heterocycles. The fraction of sp³-hybridized carbons (Fsp3) is 0.136. The van der Waals surface area contributed by atoms with Crippen molar-refractivity contribution in [1.29, 1.82) is 0 Å². The Morgan fingerprint density at radius 1 is 1.20 bits per heavy atom. The Morgan fingerprint density at radius 2 is 2.00 bits per heavy atom. The van der Waals surface area contributed by atoms with E-state index >= 15 is 0 Å². The molecule has 8 heteroatoms. The third-order valence-corrected chi connectivity index (χ3v) is 4.88. The lowest BCUT2D eigenvalue weighted by Crippen LogP contribution is -2.23. The van der Waals surface area contributed by atoms with Gasteiger partial charge in [-0.25, -0.2) is 14.2 Å². The van der Waals surface area contributed by atoms with Crippen LogP contribution in [0.4, 0.5) is 15.2 Å². The lowest BCUT2D eigenvalue weighted by Gasteiger charge is -2.18. The standard InChI is InChI=1S/C22H19FN2O4S/c1-15(26)25(20-9-4-3-8-19(20)23)22-24-17(14-30-22)13-29-21(27)11-10-16-6-5-7-18(12-16)28-2/h3-12,14H,13H2,1-2H3/b11-10+. The van der Waals surface area contributed by atoms with Crippen LogP contribution in [-0.2, 0) is 20.9 Å². The molecule has 0 saturated carbocycles. The molecule has 6 nitrogen and oxygen atoms in total. The number of aromatic nitrogens is 1. The van der Waals surface area contributed by atoms with E-state index in [-0.39, 0.29) is 18.2 Å². The number of carbonyl (C=O) groups excluding carboxylic acids is 2. The highest BCUT2D eigenvalue weighted by Crippen LogP contribution is 2.30. The van der Waals surface area contributed by atoms with Gasteiger partial charge in [0.05, 0.1) is 18.5 Å². The Bertz CT molecular complexity index is 1080. The molecule has 0 radical (unpaired) electrons. The maximum atomic E-state index is 14.1. The lowest BCUT2D eigenvalue weighted by molar-refractivity contribution is -0.139. The van der Waals surface area contributed by atoms with Gasteiger partial charge in [0, 0.05) is 18.4 Å². The second kappa shape index (κ2) is 9.80. The largest absolute Gasteiger partial charge is 0.497 e. The molecule has 0 bridgehead atoms. The first kappa shape index (κ1) is 21.2. The summed E-state index contributed by atoms with van der Waals surface area (Å²) in [6.07, 6.45) is 2.93. The van der Waals surface area contributed by atoms with Gasteiger partial charge >= 0.3 is 5.97 Å². The summed E-state index contributed by atoms with van der Waals surface area (Å²) in [6.45, 7) is 1.26. The molecule has 0 fully saturated rings. The first-order chi connectivity index (χ1) is 14.5. The van der Waals surface area contributed by atoms with Crippen molar-refractivity contribution in [1.82, 2.24) is 4.98 Å². The van der Waals surface area contributed by atoms with Gasteiger partial charge < -0.3 is 9.47 Å². The van der Waals surface area contributed by atoms with Gasteiger partial charge in [0.15, 0.2) is 5.13 Å². The summed E-state index contributed by atoms with van der Waals surface area (Å²) in [6, 6.07) is 13.2. The van der Waals surface area contributed by atoms with Gasteiger partial charge in [0.1, 0.15) is 18.2 Å². The maximum absolute atomic E-state index is 14.1. The van der Waals surface area contributed by atoms with Crippen LogP contribution in [0, 0.1) is 5.82 Å². The first-order valence-electron chi connectivity index (χ1n) is 8.96. The molecule has 3 aromatic rings. The molecular formula is C22H19FN2O4S. The number of carbonyl (C=O) groups is 2. The topological polar surface area (TPSA) is 68.7 Å². The molecular weight excluding hydrogens is 407 g/mol. The van der Waals surface area contributed by atoms with E-state index in [2.05, 4.69) is 4.98 Å². The number of ether oxygens (including phenoxy) is 2. The molecule has 30 heavy (non-hydrogen) atoms. The normalized spacial score (nSPS) is 10.8. The average Bonchev–Trinajstić information content (AvgIpc) is 3.20. The molecule has 1 amide bonds. The third-order valence-electron chi connectivity index (χ3n) is 4.01. The quantitative estimate of drug-likeness (QED) is 0.404. The number of rotatable bonds is 7. The molecule has 0 atom stereocenters. The van der Waals surface area contributed by atoms with E-state index in [1.54, 1.807) is 42.8 Å². The monoisotopic (exact) mass is 426 g/mol. The minimum Gasteiger partial charge on any atom is -0.497 e. The minimum absolute atomic E-state index is 0.0687. The van der Waals surface area contributed by atoms with E-state index in [4.69, 9.17) is 9.47 Å². The number of halogens is 1. The van der Waals surface area contributed by atoms with Gasteiger partial charge in [-0.15, -0.1) is 11.3 Å². The number of hydrogen-bond acceptors (Lipinski definition) is 6. The Hall–Kier alpha value is -3.52. The summed E-state index contributed by atoms with van der Waals surface area (Å²) < 4.78 is 24.5. The number of esters is 1. The van der Waals surface area contributed by atoms with Crippen molar-refractivity contribution in [2.45, 2.75) is 13.5 Å².